The molecule has 1 amide bonds. The normalized spacial score (nSPS) is 14.1. The van der Waals surface area contributed by atoms with Crippen LogP contribution in [0.1, 0.15) is 67.6 Å². The lowest BCUT2D eigenvalue weighted by Gasteiger charge is -2.28. The fraction of sp³-hybridized carbons (Fsp3) is 0.480. The number of hydrogen-bond acceptors (Lipinski definition) is 5. The molecule has 1 aliphatic rings. The minimum absolute atomic E-state index is 0.0141. The second kappa shape index (κ2) is 11.5. The molecular formula is C25H35N5O. The van der Waals surface area contributed by atoms with Crippen molar-refractivity contribution in [3.05, 3.63) is 53.2 Å². The van der Waals surface area contributed by atoms with Crippen molar-refractivity contribution in [2.24, 2.45) is 5.10 Å². The average Bonchev–Trinajstić information content (AvgIpc) is 2.79. The molecule has 2 heterocycles. The summed E-state index contributed by atoms with van der Waals surface area (Å²) in [5, 5.41) is 4.38. The van der Waals surface area contributed by atoms with Gasteiger partial charge < -0.3 is 9.80 Å². The number of piperidine rings is 1. The van der Waals surface area contributed by atoms with E-state index in [1.807, 2.05) is 29.2 Å². The summed E-state index contributed by atoms with van der Waals surface area (Å²) in [6.45, 7) is 9.93. The Balaban J connectivity index is 1.86. The first-order valence-corrected chi connectivity index (χ1v) is 11.5. The molecule has 0 bridgehead atoms. The number of benzene rings is 1. The Hall–Kier alpha value is -2.89. The number of amides is 1. The van der Waals surface area contributed by atoms with Crippen LogP contribution in [0.2, 0.25) is 0 Å². The Morgan fingerprint density at radius 3 is 2.55 bits per heavy atom. The topological polar surface area (TPSA) is 60.8 Å². The third-order valence-electron chi connectivity index (χ3n) is 5.46. The first-order valence-electron chi connectivity index (χ1n) is 11.5. The number of likely N-dealkylation sites (tertiary alicyclic amines) is 1. The average molecular weight is 422 g/mol. The third kappa shape index (κ3) is 6.54. The Labute approximate surface area is 186 Å². The Bertz CT molecular complexity index is 883. The summed E-state index contributed by atoms with van der Waals surface area (Å²) >= 11 is 0. The number of hydrogen-bond donors (Lipinski definition) is 1. The van der Waals surface area contributed by atoms with Gasteiger partial charge in [0.1, 0.15) is 11.5 Å². The molecule has 166 valence electrons. The summed E-state index contributed by atoms with van der Waals surface area (Å²) in [5.74, 6) is 0.610. The number of aryl methyl sites for hydroxylation is 1. The van der Waals surface area contributed by atoms with Crippen LogP contribution >= 0.6 is 0 Å². The van der Waals surface area contributed by atoms with E-state index in [-0.39, 0.29) is 5.91 Å². The van der Waals surface area contributed by atoms with Crippen molar-refractivity contribution in [3.63, 3.8) is 0 Å². The molecule has 1 fully saturated rings. The summed E-state index contributed by atoms with van der Waals surface area (Å²) in [7, 11) is 0. The number of nitrogens with zero attached hydrogens (tertiary/aromatic N) is 4. The summed E-state index contributed by atoms with van der Waals surface area (Å²) in [4.78, 5) is 22.0. The fourth-order valence-corrected chi connectivity index (χ4v) is 3.96. The Kier molecular flexibility index (Phi) is 8.44. The molecule has 1 aliphatic heterocycles. The second-order valence-corrected chi connectivity index (χ2v) is 8.22. The highest BCUT2D eigenvalue weighted by Gasteiger charge is 2.21. The van der Waals surface area contributed by atoms with Crippen molar-refractivity contribution in [3.8, 4) is 0 Å². The maximum atomic E-state index is 13.2. The minimum atomic E-state index is 0.0141. The molecule has 0 spiro atoms. The van der Waals surface area contributed by atoms with E-state index in [0.717, 1.165) is 63.1 Å². The summed E-state index contributed by atoms with van der Waals surface area (Å²) < 4.78 is 0. The first-order chi connectivity index (χ1) is 15.1. The van der Waals surface area contributed by atoms with Crippen LogP contribution in [0.4, 0.5) is 11.5 Å². The van der Waals surface area contributed by atoms with Gasteiger partial charge in [-0.1, -0.05) is 43.7 Å². The highest BCUT2D eigenvalue weighted by Crippen LogP contribution is 2.23. The monoisotopic (exact) mass is 421 g/mol. The summed E-state index contributed by atoms with van der Waals surface area (Å²) in [6, 6.07) is 12.1. The standard InChI is InChI=1S/C25H35N5O/c1-4-12-29(13-5-2)22-17-23(25(31)30-14-7-6-8-15-30)27-24(18-22)28-26-19-21-11-9-10-20(3)16-21/h9-11,16-19H,4-8,12-15H2,1-3H3,(H,27,28)/b26-19+. The highest BCUT2D eigenvalue weighted by molar-refractivity contribution is 5.94. The van der Waals surface area contributed by atoms with E-state index in [1.165, 1.54) is 12.0 Å². The van der Waals surface area contributed by atoms with Crippen molar-refractivity contribution in [1.29, 1.82) is 0 Å². The van der Waals surface area contributed by atoms with Crippen molar-refractivity contribution >= 4 is 23.6 Å². The van der Waals surface area contributed by atoms with E-state index in [2.05, 4.69) is 53.3 Å². The van der Waals surface area contributed by atoms with E-state index in [0.29, 0.717) is 11.5 Å². The quantitative estimate of drug-likeness (QED) is 0.453. The molecule has 0 saturated carbocycles. The number of hydrazone groups is 1. The molecule has 6 heteroatoms. The SMILES string of the molecule is CCCN(CCC)c1cc(N/N=C/c2cccc(C)c2)nc(C(=O)N2CCCCC2)c1. The van der Waals surface area contributed by atoms with Crippen LogP contribution in [0.3, 0.4) is 0 Å². The van der Waals surface area contributed by atoms with Crippen molar-refractivity contribution < 1.29 is 4.79 Å². The lowest BCUT2D eigenvalue weighted by Crippen LogP contribution is -2.36. The van der Waals surface area contributed by atoms with Gasteiger partial charge in [0.15, 0.2) is 0 Å². The number of nitrogens with one attached hydrogen (secondary N) is 1. The van der Waals surface area contributed by atoms with Crippen LogP contribution < -0.4 is 10.3 Å². The minimum Gasteiger partial charge on any atom is -0.371 e. The summed E-state index contributed by atoms with van der Waals surface area (Å²) in [6.07, 6.45) is 7.20. The molecule has 0 radical (unpaired) electrons. The molecule has 2 aromatic rings. The highest BCUT2D eigenvalue weighted by atomic mass is 16.2. The Morgan fingerprint density at radius 1 is 1.13 bits per heavy atom. The van der Waals surface area contributed by atoms with Gasteiger partial charge in [0, 0.05) is 37.9 Å². The van der Waals surface area contributed by atoms with Crippen molar-refractivity contribution in [2.45, 2.75) is 52.9 Å². The molecule has 1 N–H and O–H groups in total. The molecule has 1 aromatic carbocycles. The van der Waals surface area contributed by atoms with Crippen LogP contribution in [0.5, 0.6) is 0 Å². The van der Waals surface area contributed by atoms with E-state index >= 15 is 0 Å². The molecular weight excluding hydrogens is 386 g/mol. The van der Waals surface area contributed by atoms with Gasteiger partial charge in [-0.3, -0.25) is 10.2 Å². The van der Waals surface area contributed by atoms with E-state index in [1.54, 1.807) is 6.21 Å². The molecule has 0 atom stereocenters. The van der Waals surface area contributed by atoms with Gasteiger partial charge in [-0.15, -0.1) is 0 Å². The zero-order valence-corrected chi connectivity index (χ0v) is 19.1. The number of carbonyl (C=O) groups excluding carboxylic acids is 1. The van der Waals surface area contributed by atoms with Gasteiger partial charge >= 0.3 is 0 Å². The third-order valence-corrected chi connectivity index (χ3v) is 5.46. The molecule has 3 rings (SSSR count). The van der Waals surface area contributed by atoms with Crippen LogP contribution in [0.15, 0.2) is 41.5 Å². The summed E-state index contributed by atoms with van der Waals surface area (Å²) in [5.41, 5.74) is 6.77. The first kappa shape index (κ1) is 22.8. The lowest BCUT2D eigenvalue weighted by atomic mass is 10.1. The van der Waals surface area contributed by atoms with Gasteiger partial charge in [0.05, 0.1) is 6.21 Å². The molecule has 0 aliphatic carbocycles. The van der Waals surface area contributed by atoms with Gasteiger partial charge in [0.25, 0.3) is 5.91 Å². The largest absolute Gasteiger partial charge is 0.371 e. The van der Waals surface area contributed by atoms with Crippen molar-refractivity contribution in [2.75, 3.05) is 36.5 Å². The predicted molar refractivity (Wildman–Crippen MR) is 129 cm³/mol. The van der Waals surface area contributed by atoms with E-state index in [4.69, 9.17) is 0 Å². The zero-order chi connectivity index (χ0) is 22.1. The Morgan fingerprint density at radius 2 is 1.87 bits per heavy atom. The zero-order valence-electron chi connectivity index (χ0n) is 19.1. The predicted octanol–water partition coefficient (Wildman–Crippen LogP) is 5.09. The number of pyridine rings is 1. The van der Waals surface area contributed by atoms with E-state index in [9.17, 15) is 4.79 Å². The molecule has 0 unspecified atom stereocenters. The molecule has 6 nitrogen and oxygen atoms in total. The van der Waals surface area contributed by atoms with Crippen LogP contribution in [0, 0.1) is 6.92 Å². The van der Waals surface area contributed by atoms with Gasteiger partial charge in [0.2, 0.25) is 0 Å². The van der Waals surface area contributed by atoms with E-state index < -0.39 is 0 Å². The number of aromatic nitrogens is 1. The van der Waals surface area contributed by atoms with Gasteiger partial charge in [-0.25, -0.2) is 4.98 Å². The number of carbonyl (C=O) groups is 1. The molecule has 31 heavy (non-hydrogen) atoms. The fourth-order valence-electron chi connectivity index (χ4n) is 3.96. The maximum absolute atomic E-state index is 13.2. The smallest absolute Gasteiger partial charge is 0.272 e. The second-order valence-electron chi connectivity index (χ2n) is 8.22. The van der Waals surface area contributed by atoms with Crippen LogP contribution in [0.25, 0.3) is 0 Å². The lowest BCUT2D eigenvalue weighted by molar-refractivity contribution is 0.0718. The van der Waals surface area contributed by atoms with Crippen molar-refractivity contribution in [1.82, 2.24) is 9.88 Å². The number of rotatable bonds is 9. The molecule has 1 saturated heterocycles. The molecule has 1 aromatic heterocycles. The van der Waals surface area contributed by atoms with Crippen LogP contribution in [-0.4, -0.2) is 48.2 Å². The van der Waals surface area contributed by atoms with Gasteiger partial charge in [-0.2, -0.15) is 5.10 Å². The van der Waals surface area contributed by atoms with Crippen LogP contribution in [-0.2, 0) is 0 Å². The van der Waals surface area contributed by atoms with Gasteiger partial charge in [-0.05, 0) is 50.7 Å². The maximum Gasteiger partial charge on any atom is 0.272 e. The number of anilines is 2.